The zero-order valence-corrected chi connectivity index (χ0v) is 10.3. The molecule has 2 aromatic rings. The molecule has 6 heteroatoms. The number of rotatable bonds is 5. The summed E-state index contributed by atoms with van der Waals surface area (Å²) in [6.07, 6.45) is 1.78. The molecular weight excluding hydrogens is 234 g/mol. The topological polar surface area (TPSA) is 80.1 Å². The number of carbonyl (C=O) groups excluding carboxylic acids is 1. The highest BCUT2D eigenvalue weighted by Crippen LogP contribution is 2.09. The standard InChI is InChI=1S/C12H15N3O3/c1-8-9(6-14-15-8)5-13-7-10-3-4-11(18-10)12(16)17-2/h3-4,6,13H,5,7H2,1-2H3,(H,14,15). The third kappa shape index (κ3) is 2.78. The lowest BCUT2D eigenvalue weighted by molar-refractivity contribution is 0.0563. The fourth-order valence-electron chi connectivity index (χ4n) is 1.56. The molecule has 0 radical (unpaired) electrons. The highest BCUT2D eigenvalue weighted by Gasteiger charge is 2.10. The van der Waals surface area contributed by atoms with Gasteiger partial charge in [0.25, 0.3) is 0 Å². The van der Waals surface area contributed by atoms with Crippen molar-refractivity contribution in [3.8, 4) is 0 Å². The zero-order valence-electron chi connectivity index (χ0n) is 10.3. The summed E-state index contributed by atoms with van der Waals surface area (Å²) in [5.74, 6) is 0.442. The fourth-order valence-corrected chi connectivity index (χ4v) is 1.56. The number of nitrogens with one attached hydrogen (secondary N) is 2. The normalized spacial score (nSPS) is 10.6. The zero-order chi connectivity index (χ0) is 13.0. The molecule has 0 aliphatic carbocycles. The van der Waals surface area contributed by atoms with Crippen LogP contribution in [-0.2, 0) is 17.8 Å². The van der Waals surface area contributed by atoms with Gasteiger partial charge in [-0.1, -0.05) is 0 Å². The SMILES string of the molecule is COC(=O)c1ccc(CNCc2cn[nH]c2C)o1. The molecule has 0 atom stereocenters. The molecule has 0 aromatic carbocycles. The van der Waals surface area contributed by atoms with E-state index in [2.05, 4.69) is 20.3 Å². The number of aromatic amines is 1. The summed E-state index contributed by atoms with van der Waals surface area (Å²) in [6.45, 7) is 3.20. The number of methoxy groups -OCH3 is 1. The molecule has 0 unspecified atom stereocenters. The van der Waals surface area contributed by atoms with Crippen LogP contribution in [-0.4, -0.2) is 23.3 Å². The van der Waals surface area contributed by atoms with Gasteiger partial charge in [0.15, 0.2) is 0 Å². The first kappa shape index (κ1) is 12.4. The molecule has 18 heavy (non-hydrogen) atoms. The van der Waals surface area contributed by atoms with Crippen molar-refractivity contribution in [2.45, 2.75) is 20.0 Å². The number of esters is 1. The van der Waals surface area contributed by atoms with Gasteiger partial charge in [-0.25, -0.2) is 4.79 Å². The molecule has 2 heterocycles. The van der Waals surface area contributed by atoms with Crippen molar-refractivity contribution in [3.63, 3.8) is 0 Å². The van der Waals surface area contributed by atoms with Crippen molar-refractivity contribution >= 4 is 5.97 Å². The van der Waals surface area contributed by atoms with Crippen LogP contribution in [0.25, 0.3) is 0 Å². The van der Waals surface area contributed by atoms with Gasteiger partial charge in [0.05, 0.1) is 19.9 Å². The first-order chi connectivity index (χ1) is 8.70. The molecule has 2 N–H and O–H groups in total. The molecule has 0 spiro atoms. The molecule has 2 rings (SSSR count). The number of hydrogen-bond donors (Lipinski definition) is 2. The molecule has 6 nitrogen and oxygen atoms in total. The van der Waals surface area contributed by atoms with Crippen molar-refractivity contribution in [1.82, 2.24) is 15.5 Å². The Morgan fingerprint density at radius 3 is 3.00 bits per heavy atom. The summed E-state index contributed by atoms with van der Waals surface area (Å²) < 4.78 is 9.89. The second-order valence-corrected chi connectivity index (χ2v) is 3.88. The van der Waals surface area contributed by atoms with E-state index in [0.29, 0.717) is 18.8 Å². The van der Waals surface area contributed by atoms with E-state index in [9.17, 15) is 4.79 Å². The Kier molecular flexibility index (Phi) is 3.78. The molecule has 0 saturated carbocycles. The summed E-state index contributed by atoms with van der Waals surface area (Å²) in [5, 5.41) is 10.0. The lowest BCUT2D eigenvalue weighted by Gasteiger charge is -2.01. The van der Waals surface area contributed by atoms with Gasteiger partial charge in [-0.15, -0.1) is 0 Å². The molecule has 2 aromatic heterocycles. The summed E-state index contributed by atoms with van der Waals surface area (Å²) >= 11 is 0. The van der Waals surface area contributed by atoms with Crippen molar-refractivity contribution < 1.29 is 13.9 Å². The molecule has 0 fully saturated rings. The number of furan rings is 1. The van der Waals surface area contributed by atoms with E-state index in [1.807, 2.05) is 6.92 Å². The maximum atomic E-state index is 11.2. The molecule has 0 aliphatic rings. The van der Waals surface area contributed by atoms with Crippen LogP contribution in [0.15, 0.2) is 22.7 Å². The predicted molar refractivity (Wildman–Crippen MR) is 63.9 cm³/mol. The minimum atomic E-state index is -0.466. The lowest BCUT2D eigenvalue weighted by atomic mass is 10.2. The van der Waals surface area contributed by atoms with Gasteiger partial charge in [-0.3, -0.25) is 5.10 Å². The largest absolute Gasteiger partial charge is 0.463 e. The van der Waals surface area contributed by atoms with Crippen LogP contribution in [0.3, 0.4) is 0 Å². The van der Waals surface area contributed by atoms with Gasteiger partial charge in [0.2, 0.25) is 5.76 Å². The molecule has 0 amide bonds. The Morgan fingerprint density at radius 1 is 1.50 bits per heavy atom. The molecular formula is C12H15N3O3. The van der Waals surface area contributed by atoms with Crippen molar-refractivity contribution in [2.24, 2.45) is 0 Å². The highest BCUT2D eigenvalue weighted by molar-refractivity contribution is 5.86. The van der Waals surface area contributed by atoms with Crippen LogP contribution in [0, 0.1) is 6.92 Å². The second kappa shape index (κ2) is 5.50. The van der Waals surface area contributed by atoms with E-state index < -0.39 is 5.97 Å². The average molecular weight is 249 g/mol. The molecule has 0 saturated heterocycles. The van der Waals surface area contributed by atoms with Crippen molar-refractivity contribution in [1.29, 1.82) is 0 Å². The summed E-state index contributed by atoms with van der Waals surface area (Å²) in [6, 6.07) is 3.35. The number of nitrogens with zero attached hydrogens (tertiary/aromatic N) is 1. The van der Waals surface area contributed by atoms with Crippen LogP contribution in [0.4, 0.5) is 0 Å². The number of aromatic nitrogens is 2. The van der Waals surface area contributed by atoms with Crippen LogP contribution in [0.5, 0.6) is 0 Å². The molecule has 0 bridgehead atoms. The van der Waals surface area contributed by atoms with Crippen LogP contribution in [0.2, 0.25) is 0 Å². The minimum Gasteiger partial charge on any atom is -0.463 e. The van der Waals surface area contributed by atoms with Crippen LogP contribution < -0.4 is 5.32 Å². The Hall–Kier alpha value is -2.08. The molecule has 0 aliphatic heterocycles. The van der Waals surface area contributed by atoms with Crippen molar-refractivity contribution in [2.75, 3.05) is 7.11 Å². The van der Waals surface area contributed by atoms with Gasteiger partial charge in [-0.05, 0) is 19.1 Å². The summed E-state index contributed by atoms with van der Waals surface area (Å²) in [5.41, 5.74) is 2.15. The summed E-state index contributed by atoms with van der Waals surface area (Å²) in [7, 11) is 1.32. The van der Waals surface area contributed by atoms with E-state index in [-0.39, 0.29) is 5.76 Å². The Balaban J connectivity index is 1.85. The maximum absolute atomic E-state index is 11.2. The molecule has 96 valence electrons. The Bertz CT molecular complexity index is 530. The third-order valence-electron chi connectivity index (χ3n) is 2.60. The predicted octanol–water partition coefficient (Wildman–Crippen LogP) is 1.39. The minimum absolute atomic E-state index is 0.216. The Morgan fingerprint density at radius 2 is 2.33 bits per heavy atom. The monoisotopic (exact) mass is 249 g/mol. The lowest BCUT2D eigenvalue weighted by Crippen LogP contribution is -2.12. The van der Waals surface area contributed by atoms with Crippen molar-refractivity contribution in [3.05, 3.63) is 41.1 Å². The number of carbonyl (C=O) groups is 1. The van der Waals surface area contributed by atoms with E-state index in [4.69, 9.17) is 4.42 Å². The van der Waals surface area contributed by atoms with Gasteiger partial charge in [0.1, 0.15) is 5.76 Å². The fraction of sp³-hybridized carbons (Fsp3) is 0.333. The van der Waals surface area contributed by atoms with E-state index in [0.717, 1.165) is 11.3 Å². The summed E-state index contributed by atoms with van der Waals surface area (Å²) in [4.78, 5) is 11.2. The first-order valence-electron chi connectivity index (χ1n) is 5.57. The van der Waals surface area contributed by atoms with Gasteiger partial charge in [0, 0.05) is 17.8 Å². The Labute approximate surface area is 104 Å². The third-order valence-corrected chi connectivity index (χ3v) is 2.60. The van der Waals surface area contributed by atoms with Gasteiger partial charge in [-0.2, -0.15) is 5.10 Å². The highest BCUT2D eigenvalue weighted by atomic mass is 16.5. The second-order valence-electron chi connectivity index (χ2n) is 3.88. The first-order valence-corrected chi connectivity index (χ1v) is 5.57. The smallest absolute Gasteiger partial charge is 0.373 e. The maximum Gasteiger partial charge on any atom is 0.373 e. The quantitative estimate of drug-likeness (QED) is 0.783. The number of hydrogen-bond acceptors (Lipinski definition) is 5. The van der Waals surface area contributed by atoms with Gasteiger partial charge >= 0.3 is 5.97 Å². The number of ether oxygens (including phenoxy) is 1. The average Bonchev–Trinajstić information content (AvgIpc) is 2.99. The number of aryl methyl sites for hydroxylation is 1. The van der Waals surface area contributed by atoms with E-state index in [1.54, 1.807) is 18.3 Å². The van der Waals surface area contributed by atoms with Gasteiger partial charge < -0.3 is 14.5 Å². The number of H-pyrrole nitrogens is 1. The van der Waals surface area contributed by atoms with E-state index in [1.165, 1.54) is 7.11 Å². The van der Waals surface area contributed by atoms with Crippen LogP contribution in [0.1, 0.15) is 27.6 Å². The van der Waals surface area contributed by atoms with E-state index >= 15 is 0 Å². The van der Waals surface area contributed by atoms with Crippen LogP contribution >= 0.6 is 0 Å².